The molecular formula is C23H26ClF2N5O3S. The number of aromatic nitrogens is 2. The third-order valence-electron chi connectivity index (χ3n) is 5.89. The molecule has 188 valence electrons. The van der Waals surface area contributed by atoms with Gasteiger partial charge in [0.15, 0.2) is 5.82 Å². The van der Waals surface area contributed by atoms with E-state index in [-0.39, 0.29) is 43.3 Å². The third-order valence-corrected chi connectivity index (χ3v) is 7.71. The van der Waals surface area contributed by atoms with Crippen molar-refractivity contribution in [2.75, 3.05) is 11.9 Å². The maximum atomic E-state index is 13.6. The molecule has 1 unspecified atom stereocenters. The Bertz CT molecular complexity index is 1330. The maximum absolute atomic E-state index is 13.6. The molecule has 0 saturated heterocycles. The first kappa shape index (κ1) is 26.7. The predicted molar refractivity (Wildman–Crippen MR) is 130 cm³/mol. The van der Waals surface area contributed by atoms with Gasteiger partial charge in [0.25, 0.3) is 5.91 Å². The number of nitrogens with two attached hydrogens (primary N) is 1. The van der Waals surface area contributed by atoms with Crippen LogP contribution in [0.3, 0.4) is 0 Å². The topological polar surface area (TPSA) is 121 Å². The molecule has 0 bridgehead atoms. The zero-order chi connectivity index (χ0) is 24.6. The minimum atomic E-state index is -4.17. The number of amides is 1. The van der Waals surface area contributed by atoms with E-state index in [4.69, 9.17) is 5.73 Å². The Morgan fingerprint density at radius 3 is 2.49 bits per heavy atom. The number of nitrogens with one attached hydrogen (secondary N) is 2. The Labute approximate surface area is 208 Å². The van der Waals surface area contributed by atoms with Crippen LogP contribution in [0.25, 0.3) is 0 Å². The quantitative estimate of drug-likeness (QED) is 0.452. The van der Waals surface area contributed by atoms with Gasteiger partial charge in [-0.25, -0.2) is 17.2 Å². The highest BCUT2D eigenvalue weighted by molar-refractivity contribution is 7.89. The van der Waals surface area contributed by atoms with Crippen molar-refractivity contribution in [3.05, 3.63) is 76.5 Å². The number of nitrogens with zero attached hydrogens (tertiary/aromatic N) is 2. The lowest BCUT2D eigenvalue weighted by Crippen LogP contribution is -2.36. The molecule has 8 nitrogen and oxygen atoms in total. The largest absolute Gasteiger partial charge is 0.324 e. The van der Waals surface area contributed by atoms with Crippen LogP contribution in [0, 0.1) is 17.6 Å². The number of rotatable bonds is 6. The van der Waals surface area contributed by atoms with Crippen LogP contribution in [0.5, 0.6) is 0 Å². The first-order valence-electron chi connectivity index (χ1n) is 10.8. The Morgan fingerprint density at radius 1 is 1.17 bits per heavy atom. The van der Waals surface area contributed by atoms with E-state index in [0.29, 0.717) is 34.9 Å². The molecule has 0 aliphatic carbocycles. The predicted octanol–water partition coefficient (Wildman–Crippen LogP) is 3.76. The summed E-state index contributed by atoms with van der Waals surface area (Å²) in [5.74, 6) is -2.08. The van der Waals surface area contributed by atoms with E-state index in [1.807, 2.05) is 19.9 Å². The highest BCUT2D eigenvalue weighted by Crippen LogP contribution is 2.30. The van der Waals surface area contributed by atoms with E-state index in [0.717, 1.165) is 16.4 Å². The molecule has 2 heterocycles. The summed E-state index contributed by atoms with van der Waals surface area (Å²) in [5, 5.41) is 9.75. The minimum Gasteiger partial charge on any atom is -0.324 e. The number of halogens is 3. The second-order valence-electron chi connectivity index (χ2n) is 8.53. The average molecular weight is 526 g/mol. The Balaban J connectivity index is 0.00000342. The van der Waals surface area contributed by atoms with E-state index in [1.54, 1.807) is 18.2 Å². The van der Waals surface area contributed by atoms with Crippen molar-refractivity contribution in [3.63, 3.8) is 0 Å². The molecular weight excluding hydrogens is 500 g/mol. The number of hydrogen-bond acceptors (Lipinski definition) is 5. The average Bonchev–Trinajstić information content (AvgIpc) is 3.19. The van der Waals surface area contributed by atoms with E-state index in [2.05, 4.69) is 15.5 Å². The number of carbonyl (C=O) groups excluding carboxylic acids is 1. The van der Waals surface area contributed by atoms with Crippen molar-refractivity contribution in [1.29, 1.82) is 0 Å². The van der Waals surface area contributed by atoms with Crippen molar-refractivity contribution in [1.82, 2.24) is 14.5 Å². The molecule has 12 heteroatoms. The lowest BCUT2D eigenvalue weighted by Gasteiger charge is -2.26. The molecule has 1 amide bonds. The molecule has 0 spiro atoms. The zero-order valence-electron chi connectivity index (χ0n) is 19.1. The van der Waals surface area contributed by atoms with Gasteiger partial charge < -0.3 is 11.1 Å². The normalized spacial score (nSPS) is 14.8. The number of sulfonamides is 1. The molecule has 0 saturated carbocycles. The van der Waals surface area contributed by atoms with Crippen molar-refractivity contribution in [2.45, 2.75) is 37.8 Å². The van der Waals surface area contributed by atoms with Crippen molar-refractivity contribution < 1.29 is 22.0 Å². The van der Waals surface area contributed by atoms with Crippen LogP contribution in [0.15, 0.2) is 47.4 Å². The van der Waals surface area contributed by atoms with Gasteiger partial charge in [0.05, 0.1) is 4.90 Å². The number of H-pyrrole nitrogens is 1. The van der Waals surface area contributed by atoms with Gasteiger partial charge in [0, 0.05) is 48.4 Å². The summed E-state index contributed by atoms with van der Waals surface area (Å²) in [6.45, 7) is 3.90. The van der Waals surface area contributed by atoms with Crippen LogP contribution in [-0.4, -0.2) is 35.4 Å². The summed E-state index contributed by atoms with van der Waals surface area (Å²) in [4.78, 5) is 12.6. The number of hydrogen-bond donors (Lipinski definition) is 3. The van der Waals surface area contributed by atoms with Crippen LogP contribution in [0.4, 0.5) is 14.6 Å². The molecule has 2 aromatic carbocycles. The Kier molecular flexibility index (Phi) is 7.95. The molecule has 0 fully saturated rings. The van der Waals surface area contributed by atoms with Gasteiger partial charge in [-0.1, -0.05) is 32.0 Å². The van der Waals surface area contributed by atoms with Crippen molar-refractivity contribution in [3.8, 4) is 0 Å². The van der Waals surface area contributed by atoms with Crippen LogP contribution in [0.2, 0.25) is 0 Å². The molecule has 4 N–H and O–H groups in total. The van der Waals surface area contributed by atoms with Crippen LogP contribution in [-0.2, 0) is 23.0 Å². The molecule has 1 aromatic heterocycles. The maximum Gasteiger partial charge on any atom is 0.257 e. The lowest BCUT2D eigenvalue weighted by atomic mass is 9.92. The monoisotopic (exact) mass is 525 g/mol. The van der Waals surface area contributed by atoms with E-state index in [9.17, 15) is 22.0 Å². The van der Waals surface area contributed by atoms with Gasteiger partial charge in [0.2, 0.25) is 10.0 Å². The number of benzene rings is 2. The number of carbonyl (C=O) groups is 1. The molecule has 1 atom stereocenters. The fourth-order valence-corrected chi connectivity index (χ4v) is 5.39. The van der Waals surface area contributed by atoms with Crippen molar-refractivity contribution in [2.24, 2.45) is 11.7 Å². The second kappa shape index (κ2) is 10.4. The summed E-state index contributed by atoms with van der Waals surface area (Å²) in [6, 6.07) is 8.83. The number of fused-ring (bicyclic) bond motifs is 1. The van der Waals surface area contributed by atoms with E-state index in [1.165, 1.54) is 0 Å². The van der Waals surface area contributed by atoms with Gasteiger partial charge in [-0.2, -0.15) is 9.40 Å². The fourth-order valence-electron chi connectivity index (χ4n) is 3.93. The fraction of sp³-hybridized carbons (Fsp3) is 0.304. The summed E-state index contributed by atoms with van der Waals surface area (Å²) in [7, 11) is -4.17. The molecule has 1 aliphatic heterocycles. The van der Waals surface area contributed by atoms with Gasteiger partial charge in [-0.3, -0.25) is 9.89 Å². The van der Waals surface area contributed by atoms with Crippen LogP contribution >= 0.6 is 12.4 Å². The summed E-state index contributed by atoms with van der Waals surface area (Å²) in [5.41, 5.74) is 8.54. The van der Waals surface area contributed by atoms with Gasteiger partial charge in [0.1, 0.15) is 11.6 Å². The van der Waals surface area contributed by atoms with Gasteiger partial charge in [-0.15, -0.1) is 12.4 Å². The summed E-state index contributed by atoms with van der Waals surface area (Å²) < 4.78 is 54.4. The van der Waals surface area contributed by atoms with E-state index < -0.39 is 32.5 Å². The summed E-state index contributed by atoms with van der Waals surface area (Å²) >= 11 is 0. The second-order valence-corrected chi connectivity index (χ2v) is 10.5. The number of anilines is 1. The molecule has 35 heavy (non-hydrogen) atoms. The highest BCUT2D eigenvalue weighted by Gasteiger charge is 2.32. The first-order valence-corrected chi connectivity index (χ1v) is 12.2. The zero-order valence-corrected chi connectivity index (χ0v) is 20.7. The summed E-state index contributed by atoms with van der Waals surface area (Å²) in [6.07, 6.45) is 0.296. The molecule has 0 radical (unpaired) electrons. The number of aromatic amines is 1. The first-order chi connectivity index (χ1) is 16.1. The van der Waals surface area contributed by atoms with E-state index >= 15 is 0 Å². The van der Waals surface area contributed by atoms with Crippen LogP contribution in [0.1, 0.15) is 47.1 Å². The minimum absolute atomic E-state index is 0. The van der Waals surface area contributed by atoms with Crippen molar-refractivity contribution >= 4 is 34.2 Å². The Hall–Kier alpha value is -2.86. The highest BCUT2D eigenvalue weighted by atomic mass is 35.5. The molecule has 1 aliphatic rings. The van der Waals surface area contributed by atoms with Gasteiger partial charge >= 0.3 is 0 Å². The van der Waals surface area contributed by atoms with Crippen LogP contribution < -0.4 is 11.1 Å². The lowest BCUT2D eigenvalue weighted by molar-refractivity contribution is 0.102. The smallest absolute Gasteiger partial charge is 0.257 e. The standard InChI is InChI=1S/C23H25F2N5O3S.ClH/c1-13(2)21(26)17-5-3-4-6-18(17)23(31)27-22-19-12-30(8-7-20(19)28-29-22)34(32,33)16-10-14(24)9-15(25)11-16;/h3-6,9-11,13,21H,7-8,12,26H2,1-2H3,(H2,27,28,29,31);1H. The molecule has 3 aromatic rings. The van der Waals surface area contributed by atoms with Gasteiger partial charge in [-0.05, 0) is 29.7 Å². The molecule has 4 rings (SSSR count). The SMILES string of the molecule is CC(C)C(N)c1ccccc1C(=O)Nc1n[nH]c2c1CN(S(=O)(=O)c1cc(F)cc(F)c1)CC2.Cl. The Morgan fingerprint density at radius 2 is 1.83 bits per heavy atom. The third kappa shape index (κ3) is 5.37.